The molecular weight excluding hydrogens is 280 g/mol. The molecule has 2 N–H and O–H groups in total. The summed E-state index contributed by atoms with van der Waals surface area (Å²) in [6, 6.07) is 17.3. The molecule has 2 bridgehead atoms. The van der Waals surface area contributed by atoms with E-state index in [1.807, 2.05) is 6.07 Å². The van der Waals surface area contributed by atoms with Gasteiger partial charge in [-0.05, 0) is 42.4 Å². The van der Waals surface area contributed by atoms with Crippen LogP contribution >= 0.6 is 0 Å². The Morgan fingerprint density at radius 3 is 2.61 bits per heavy atom. The van der Waals surface area contributed by atoms with Crippen molar-refractivity contribution >= 4 is 16.6 Å². The maximum absolute atomic E-state index is 6.66. The molecule has 0 radical (unpaired) electrons. The van der Waals surface area contributed by atoms with Gasteiger partial charge >= 0.3 is 0 Å². The van der Waals surface area contributed by atoms with Gasteiger partial charge in [-0.25, -0.2) is 0 Å². The van der Waals surface area contributed by atoms with Crippen LogP contribution in [0.3, 0.4) is 0 Å². The fourth-order valence-electron chi connectivity index (χ4n) is 4.67. The van der Waals surface area contributed by atoms with Crippen LogP contribution in [0.25, 0.3) is 10.9 Å². The molecule has 2 aliphatic rings. The topological polar surface area (TPSA) is 38.9 Å². The van der Waals surface area contributed by atoms with E-state index in [1.54, 1.807) is 0 Å². The number of nitrogen functional groups attached to an aromatic ring is 1. The van der Waals surface area contributed by atoms with Gasteiger partial charge in [-0.15, -0.1) is 0 Å². The normalized spacial score (nSPS) is 22.3. The summed E-state index contributed by atoms with van der Waals surface area (Å²) in [5, 5.41) is 1.10. The molecule has 0 fully saturated rings. The van der Waals surface area contributed by atoms with E-state index in [1.165, 1.54) is 41.6 Å². The highest BCUT2D eigenvalue weighted by molar-refractivity contribution is 5.92. The zero-order valence-corrected chi connectivity index (χ0v) is 13.1. The Kier molecular flexibility index (Phi) is 2.75. The zero-order chi connectivity index (χ0) is 15.4. The van der Waals surface area contributed by atoms with Crippen LogP contribution in [-0.4, -0.2) is 4.98 Å². The number of para-hydroxylation sites is 1. The van der Waals surface area contributed by atoms with Gasteiger partial charge in [-0.1, -0.05) is 48.9 Å². The van der Waals surface area contributed by atoms with E-state index < -0.39 is 0 Å². The van der Waals surface area contributed by atoms with Crippen molar-refractivity contribution in [2.45, 2.75) is 37.5 Å². The molecular formula is C21H20N2. The van der Waals surface area contributed by atoms with Crippen molar-refractivity contribution in [1.82, 2.24) is 4.98 Å². The molecule has 1 aromatic heterocycles. The van der Waals surface area contributed by atoms with Crippen LogP contribution in [-0.2, 0) is 6.42 Å². The van der Waals surface area contributed by atoms with Gasteiger partial charge in [-0.2, -0.15) is 0 Å². The number of nitrogens with zero attached hydrogens (tertiary/aromatic N) is 1. The molecule has 1 heterocycles. The van der Waals surface area contributed by atoms with Crippen molar-refractivity contribution in [2.75, 3.05) is 5.73 Å². The average Bonchev–Trinajstić information content (AvgIpc) is 2.81. The second-order valence-electron chi connectivity index (χ2n) is 6.92. The molecule has 2 aliphatic carbocycles. The summed E-state index contributed by atoms with van der Waals surface area (Å²) < 4.78 is 0. The van der Waals surface area contributed by atoms with Crippen molar-refractivity contribution < 1.29 is 0 Å². The smallest absolute Gasteiger partial charge is 0.0726 e. The molecule has 2 heteroatoms. The van der Waals surface area contributed by atoms with Gasteiger partial charge in [-0.3, -0.25) is 4.98 Å². The van der Waals surface area contributed by atoms with Crippen LogP contribution in [0.2, 0.25) is 0 Å². The van der Waals surface area contributed by atoms with Crippen LogP contribution in [0.15, 0.2) is 48.5 Å². The SMILES string of the molecule is Nc1c2c(nc3ccccc13)CC1CCCC2c2ccccc21. The number of nitrogens with two attached hydrogens (primary N) is 1. The predicted octanol–water partition coefficient (Wildman–Crippen LogP) is 4.77. The lowest BCUT2D eigenvalue weighted by atomic mass is 9.85. The van der Waals surface area contributed by atoms with Crippen molar-refractivity contribution in [2.24, 2.45) is 0 Å². The van der Waals surface area contributed by atoms with Crippen molar-refractivity contribution in [3.05, 3.63) is 70.9 Å². The lowest BCUT2D eigenvalue weighted by Gasteiger charge is -2.23. The molecule has 2 atom stereocenters. The number of hydrogen-bond donors (Lipinski definition) is 1. The summed E-state index contributed by atoms with van der Waals surface area (Å²) in [7, 11) is 0. The van der Waals surface area contributed by atoms with Gasteiger partial charge in [0.25, 0.3) is 0 Å². The fraction of sp³-hybridized carbons (Fsp3) is 0.286. The Hall–Kier alpha value is -2.35. The van der Waals surface area contributed by atoms with Crippen molar-refractivity contribution in [3.63, 3.8) is 0 Å². The quantitative estimate of drug-likeness (QED) is 0.649. The summed E-state index contributed by atoms with van der Waals surface area (Å²) in [5.74, 6) is 0.997. The average molecular weight is 300 g/mol. The largest absolute Gasteiger partial charge is 0.398 e. The molecule has 2 nitrogen and oxygen atoms in total. The number of pyridine rings is 1. The lowest BCUT2D eigenvalue weighted by Crippen LogP contribution is -2.11. The van der Waals surface area contributed by atoms with Gasteiger partial charge in [0.05, 0.1) is 5.52 Å². The zero-order valence-electron chi connectivity index (χ0n) is 13.1. The number of aromatic nitrogens is 1. The highest BCUT2D eigenvalue weighted by Gasteiger charge is 2.34. The van der Waals surface area contributed by atoms with Gasteiger partial charge < -0.3 is 5.73 Å². The van der Waals surface area contributed by atoms with E-state index in [0.717, 1.165) is 23.0 Å². The van der Waals surface area contributed by atoms with Gasteiger partial charge in [0, 0.05) is 28.2 Å². The van der Waals surface area contributed by atoms with Crippen LogP contribution in [0.1, 0.15) is 53.5 Å². The third kappa shape index (κ3) is 1.84. The highest BCUT2D eigenvalue weighted by Crippen LogP contribution is 2.48. The Morgan fingerprint density at radius 2 is 1.70 bits per heavy atom. The summed E-state index contributed by atoms with van der Waals surface area (Å²) in [6.07, 6.45) is 4.75. The minimum atomic E-state index is 0.408. The van der Waals surface area contributed by atoms with E-state index >= 15 is 0 Å². The van der Waals surface area contributed by atoms with E-state index in [-0.39, 0.29) is 0 Å². The second-order valence-corrected chi connectivity index (χ2v) is 6.92. The van der Waals surface area contributed by atoms with Gasteiger partial charge in [0.15, 0.2) is 0 Å². The molecule has 0 spiro atoms. The third-order valence-corrected chi connectivity index (χ3v) is 5.70. The van der Waals surface area contributed by atoms with Crippen LogP contribution < -0.4 is 5.73 Å². The van der Waals surface area contributed by atoms with Gasteiger partial charge in [0.2, 0.25) is 0 Å². The number of hydrogen-bond acceptors (Lipinski definition) is 2. The summed E-state index contributed by atoms with van der Waals surface area (Å²) in [6.45, 7) is 0. The highest BCUT2D eigenvalue weighted by atomic mass is 14.7. The van der Waals surface area contributed by atoms with E-state index in [9.17, 15) is 0 Å². The predicted molar refractivity (Wildman–Crippen MR) is 94.7 cm³/mol. The Balaban J connectivity index is 1.86. The lowest BCUT2D eigenvalue weighted by molar-refractivity contribution is 0.553. The Morgan fingerprint density at radius 1 is 0.913 bits per heavy atom. The minimum Gasteiger partial charge on any atom is -0.398 e. The fourth-order valence-corrected chi connectivity index (χ4v) is 4.67. The first-order chi connectivity index (χ1) is 11.3. The standard InChI is InChI=1S/C21H20N2/c22-21-17-9-3-4-11-18(17)23-19-12-13-6-5-10-16(20(19)21)15-8-2-1-7-14(13)15/h1-4,7-9,11,13,16H,5-6,10,12H2,(H2,22,23). The van der Waals surface area contributed by atoms with E-state index in [4.69, 9.17) is 10.7 Å². The number of benzene rings is 2. The summed E-state index contributed by atoms with van der Waals surface area (Å²) in [4.78, 5) is 5.02. The third-order valence-electron chi connectivity index (χ3n) is 5.70. The van der Waals surface area contributed by atoms with E-state index in [2.05, 4.69) is 42.5 Å². The molecule has 0 saturated heterocycles. The first-order valence-electron chi connectivity index (χ1n) is 8.58. The molecule has 2 unspecified atom stereocenters. The van der Waals surface area contributed by atoms with Crippen LogP contribution in [0.5, 0.6) is 0 Å². The number of fused-ring (bicyclic) bond motifs is 3. The molecule has 0 aliphatic heterocycles. The Bertz CT molecular complexity index is 913. The Labute approximate surface area is 136 Å². The number of anilines is 1. The van der Waals surface area contributed by atoms with Crippen LogP contribution in [0, 0.1) is 0 Å². The molecule has 23 heavy (non-hydrogen) atoms. The van der Waals surface area contributed by atoms with Gasteiger partial charge in [0.1, 0.15) is 0 Å². The number of rotatable bonds is 0. The summed E-state index contributed by atoms with van der Waals surface area (Å²) >= 11 is 0. The maximum atomic E-state index is 6.66. The first-order valence-corrected chi connectivity index (χ1v) is 8.58. The minimum absolute atomic E-state index is 0.408. The summed E-state index contributed by atoms with van der Waals surface area (Å²) in [5.41, 5.74) is 14.2. The molecule has 5 rings (SSSR count). The van der Waals surface area contributed by atoms with Crippen molar-refractivity contribution in [1.29, 1.82) is 0 Å². The van der Waals surface area contributed by atoms with Crippen LogP contribution in [0.4, 0.5) is 5.69 Å². The molecule has 114 valence electrons. The molecule has 0 amide bonds. The van der Waals surface area contributed by atoms with E-state index in [0.29, 0.717) is 11.8 Å². The molecule has 3 aromatic rings. The maximum Gasteiger partial charge on any atom is 0.0726 e. The first kappa shape index (κ1) is 13.1. The molecule has 0 saturated carbocycles. The second kappa shape index (κ2) is 4.82. The monoisotopic (exact) mass is 300 g/mol. The molecule has 2 aromatic carbocycles. The van der Waals surface area contributed by atoms with Crippen molar-refractivity contribution in [3.8, 4) is 0 Å².